The molecule has 1 aliphatic heterocycles. The third-order valence-corrected chi connectivity index (χ3v) is 3.63. The van der Waals surface area contributed by atoms with Gasteiger partial charge in [-0.2, -0.15) is 0 Å². The van der Waals surface area contributed by atoms with Crippen LogP contribution in [-0.2, 0) is 14.3 Å². The maximum atomic E-state index is 12.0. The summed E-state index contributed by atoms with van der Waals surface area (Å²) in [7, 11) is 5.19. The number of ether oxygens (including phenoxy) is 2. The molecule has 0 aromatic rings. The van der Waals surface area contributed by atoms with Crippen LogP contribution in [0.2, 0.25) is 0 Å². The Morgan fingerprint density at radius 1 is 1.33 bits per heavy atom. The molecule has 0 bridgehead atoms. The molecule has 1 aliphatic rings. The van der Waals surface area contributed by atoms with Gasteiger partial charge < -0.3 is 29.7 Å². The summed E-state index contributed by atoms with van der Waals surface area (Å²) in [5.74, 6) is -1.60. The Morgan fingerprint density at radius 3 is 2.67 bits per heavy atom. The number of carbonyl (C=O) groups is 2. The minimum atomic E-state index is -0.934. The molecule has 2 unspecified atom stereocenters. The summed E-state index contributed by atoms with van der Waals surface area (Å²) < 4.78 is 10.1. The Hall–Kier alpha value is -1.38. The molecule has 0 aromatic carbocycles. The number of nitrogens with one attached hydrogen (secondary N) is 1. The van der Waals surface area contributed by atoms with Gasteiger partial charge in [-0.05, 0) is 7.05 Å². The van der Waals surface area contributed by atoms with Gasteiger partial charge in [0.25, 0.3) is 0 Å². The Labute approximate surface area is 125 Å². The number of aliphatic carboxylic acids is 1. The standard InChI is InChI=1S/C13H25N3O5/c1-15(6-7-20-3)5-4-14-13(19)16(2)11-9-21-8-10(11)12(17)18/h10-11H,4-9H2,1-3H3,(H,14,19)(H,17,18). The van der Waals surface area contributed by atoms with E-state index in [4.69, 9.17) is 14.6 Å². The van der Waals surface area contributed by atoms with Gasteiger partial charge in [0.05, 0.1) is 25.9 Å². The lowest BCUT2D eigenvalue weighted by molar-refractivity contribution is -0.142. The lowest BCUT2D eigenvalue weighted by atomic mass is 10.0. The van der Waals surface area contributed by atoms with Crippen LogP contribution < -0.4 is 5.32 Å². The SMILES string of the molecule is COCCN(C)CCNC(=O)N(C)C1COCC1C(=O)O. The predicted molar refractivity (Wildman–Crippen MR) is 76.3 cm³/mol. The van der Waals surface area contributed by atoms with E-state index in [0.717, 1.165) is 6.54 Å². The molecular formula is C13H25N3O5. The minimum absolute atomic E-state index is 0.150. The van der Waals surface area contributed by atoms with E-state index in [1.54, 1.807) is 14.2 Å². The average molecular weight is 303 g/mol. The van der Waals surface area contributed by atoms with Gasteiger partial charge in [0.15, 0.2) is 0 Å². The van der Waals surface area contributed by atoms with Crippen LogP contribution in [0.25, 0.3) is 0 Å². The molecule has 0 spiro atoms. The van der Waals surface area contributed by atoms with Gasteiger partial charge in [0.2, 0.25) is 0 Å². The van der Waals surface area contributed by atoms with Crippen LogP contribution in [0.15, 0.2) is 0 Å². The minimum Gasteiger partial charge on any atom is -0.481 e. The van der Waals surface area contributed by atoms with Crippen molar-refractivity contribution in [3.63, 3.8) is 0 Å². The van der Waals surface area contributed by atoms with Crippen LogP contribution in [-0.4, -0.2) is 93.6 Å². The lowest BCUT2D eigenvalue weighted by Gasteiger charge is -2.27. The molecule has 122 valence electrons. The van der Waals surface area contributed by atoms with Gasteiger partial charge in [0, 0.05) is 33.8 Å². The van der Waals surface area contributed by atoms with Crippen molar-refractivity contribution in [3.05, 3.63) is 0 Å². The van der Waals surface area contributed by atoms with Crippen LogP contribution in [0.4, 0.5) is 4.79 Å². The van der Waals surface area contributed by atoms with Gasteiger partial charge in [-0.15, -0.1) is 0 Å². The number of hydrogen-bond donors (Lipinski definition) is 2. The number of methoxy groups -OCH3 is 1. The number of carboxylic acid groups (broad SMARTS) is 1. The Bertz CT molecular complexity index is 353. The van der Waals surface area contributed by atoms with Gasteiger partial charge in [-0.1, -0.05) is 0 Å². The highest BCUT2D eigenvalue weighted by molar-refractivity contribution is 5.77. The molecule has 21 heavy (non-hydrogen) atoms. The van der Waals surface area contributed by atoms with Crippen LogP contribution in [0.3, 0.4) is 0 Å². The van der Waals surface area contributed by atoms with Gasteiger partial charge in [0.1, 0.15) is 5.92 Å². The quantitative estimate of drug-likeness (QED) is 0.616. The maximum absolute atomic E-state index is 12.0. The zero-order valence-corrected chi connectivity index (χ0v) is 12.9. The molecule has 1 fully saturated rings. The number of nitrogens with zero attached hydrogens (tertiary/aromatic N) is 2. The van der Waals surface area contributed by atoms with Crippen LogP contribution in [0, 0.1) is 5.92 Å². The van der Waals surface area contributed by atoms with Crippen molar-refractivity contribution in [1.29, 1.82) is 0 Å². The Morgan fingerprint density at radius 2 is 2.05 bits per heavy atom. The third kappa shape index (κ3) is 5.49. The molecule has 8 nitrogen and oxygen atoms in total. The fourth-order valence-corrected chi connectivity index (χ4v) is 2.15. The monoisotopic (exact) mass is 303 g/mol. The number of hydrogen-bond acceptors (Lipinski definition) is 5. The molecule has 2 N–H and O–H groups in total. The highest BCUT2D eigenvalue weighted by Crippen LogP contribution is 2.18. The number of carbonyl (C=O) groups excluding carboxylic acids is 1. The molecule has 1 rings (SSSR count). The molecule has 0 radical (unpaired) electrons. The Kier molecular flexibility index (Phi) is 7.41. The van der Waals surface area contributed by atoms with Crippen molar-refractivity contribution >= 4 is 12.0 Å². The first kappa shape index (κ1) is 17.7. The van der Waals surface area contributed by atoms with Crippen molar-refractivity contribution in [3.8, 4) is 0 Å². The van der Waals surface area contributed by atoms with E-state index in [1.807, 2.05) is 11.9 Å². The van der Waals surface area contributed by atoms with Crippen molar-refractivity contribution in [2.75, 3.05) is 60.7 Å². The first-order chi connectivity index (χ1) is 9.97. The second-order valence-electron chi connectivity index (χ2n) is 5.19. The largest absolute Gasteiger partial charge is 0.481 e. The fourth-order valence-electron chi connectivity index (χ4n) is 2.15. The normalized spacial score (nSPS) is 21.5. The summed E-state index contributed by atoms with van der Waals surface area (Å²) in [6.45, 7) is 3.04. The van der Waals surface area contributed by atoms with E-state index in [1.165, 1.54) is 4.90 Å². The predicted octanol–water partition coefficient (Wildman–Crippen LogP) is -0.694. The van der Waals surface area contributed by atoms with E-state index < -0.39 is 17.9 Å². The molecule has 0 aromatic heterocycles. The van der Waals surface area contributed by atoms with E-state index >= 15 is 0 Å². The maximum Gasteiger partial charge on any atom is 0.317 e. The molecule has 0 aliphatic carbocycles. The second-order valence-corrected chi connectivity index (χ2v) is 5.19. The zero-order valence-electron chi connectivity index (χ0n) is 12.9. The van der Waals surface area contributed by atoms with E-state index in [-0.39, 0.29) is 19.2 Å². The first-order valence-corrected chi connectivity index (χ1v) is 6.96. The second kappa shape index (κ2) is 8.81. The molecule has 0 saturated carbocycles. The zero-order chi connectivity index (χ0) is 15.8. The topological polar surface area (TPSA) is 91.3 Å². The van der Waals surface area contributed by atoms with Crippen molar-refractivity contribution < 1.29 is 24.2 Å². The molecular weight excluding hydrogens is 278 g/mol. The lowest BCUT2D eigenvalue weighted by Crippen LogP contribution is -2.49. The van der Waals surface area contributed by atoms with Crippen LogP contribution in [0.5, 0.6) is 0 Å². The number of amides is 2. The summed E-state index contributed by atoms with van der Waals surface area (Å²) in [5, 5.41) is 11.9. The average Bonchev–Trinajstić information content (AvgIpc) is 2.93. The van der Waals surface area contributed by atoms with Crippen molar-refractivity contribution in [2.45, 2.75) is 6.04 Å². The summed E-state index contributed by atoms with van der Waals surface area (Å²) >= 11 is 0. The van der Waals surface area contributed by atoms with E-state index in [0.29, 0.717) is 19.7 Å². The molecule has 8 heteroatoms. The highest BCUT2D eigenvalue weighted by atomic mass is 16.5. The smallest absolute Gasteiger partial charge is 0.317 e. The number of likely N-dealkylation sites (N-methyl/N-ethyl adjacent to an activating group) is 2. The van der Waals surface area contributed by atoms with Crippen LogP contribution >= 0.6 is 0 Å². The summed E-state index contributed by atoms with van der Waals surface area (Å²) in [6, 6.07) is -0.703. The first-order valence-electron chi connectivity index (χ1n) is 6.96. The number of carboxylic acids is 1. The van der Waals surface area contributed by atoms with Gasteiger partial charge in [-0.25, -0.2) is 4.79 Å². The molecule has 1 heterocycles. The number of urea groups is 1. The number of rotatable bonds is 8. The highest BCUT2D eigenvalue weighted by Gasteiger charge is 2.38. The Balaban J connectivity index is 2.32. The van der Waals surface area contributed by atoms with Crippen molar-refractivity contribution in [2.24, 2.45) is 5.92 Å². The third-order valence-electron chi connectivity index (χ3n) is 3.63. The fraction of sp³-hybridized carbons (Fsp3) is 0.846. The van der Waals surface area contributed by atoms with Crippen molar-refractivity contribution in [1.82, 2.24) is 15.1 Å². The molecule has 1 saturated heterocycles. The van der Waals surface area contributed by atoms with Gasteiger partial charge >= 0.3 is 12.0 Å². The summed E-state index contributed by atoms with van der Waals surface area (Å²) in [5.41, 5.74) is 0. The summed E-state index contributed by atoms with van der Waals surface area (Å²) in [6.07, 6.45) is 0. The van der Waals surface area contributed by atoms with Gasteiger partial charge in [-0.3, -0.25) is 4.79 Å². The molecule has 2 amide bonds. The van der Waals surface area contributed by atoms with Crippen LogP contribution in [0.1, 0.15) is 0 Å². The molecule has 2 atom stereocenters. The summed E-state index contributed by atoms with van der Waals surface area (Å²) in [4.78, 5) is 26.6. The van der Waals surface area contributed by atoms with E-state index in [2.05, 4.69) is 5.32 Å². The van der Waals surface area contributed by atoms with E-state index in [9.17, 15) is 9.59 Å².